The quantitative estimate of drug-likeness (QED) is 0.746. The highest BCUT2D eigenvalue weighted by Gasteiger charge is 2.02. The minimum Gasteiger partial charge on any atom is -0.472 e. The van der Waals surface area contributed by atoms with Gasteiger partial charge in [-0.15, -0.1) is 0 Å². The van der Waals surface area contributed by atoms with E-state index in [-0.39, 0.29) is 6.04 Å². The highest BCUT2D eigenvalue weighted by Crippen LogP contribution is 2.05. The average molecular weight is 171 g/mol. The molecule has 11 heavy (non-hydrogen) atoms. The standard InChI is InChI=1S/C8H13NOS/c1-11-6-8(9)4-7-2-3-10-5-7/h2-3,5,8H,4,6,9H2,1H3. The number of nitrogens with two attached hydrogens (primary N) is 1. The molecule has 0 radical (unpaired) electrons. The van der Waals surface area contributed by atoms with Gasteiger partial charge in [-0.3, -0.25) is 0 Å². The Morgan fingerprint density at radius 1 is 1.73 bits per heavy atom. The second-order valence-electron chi connectivity index (χ2n) is 2.55. The summed E-state index contributed by atoms with van der Waals surface area (Å²) in [5, 5.41) is 0. The van der Waals surface area contributed by atoms with Crippen LogP contribution in [0, 0.1) is 0 Å². The van der Waals surface area contributed by atoms with Gasteiger partial charge in [0.25, 0.3) is 0 Å². The van der Waals surface area contributed by atoms with E-state index in [1.165, 1.54) is 5.56 Å². The van der Waals surface area contributed by atoms with Crippen molar-refractivity contribution in [2.75, 3.05) is 12.0 Å². The van der Waals surface area contributed by atoms with Crippen LogP contribution in [0.4, 0.5) is 0 Å². The molecule has 0 amide bonds. The zero-order chi connectivity index (χ0) is 8.10. The van der Waals surface area contributed by atoms with Crippen molar-refractivity contribution < 1.29 is 4.42 Å². The lowest BCUT2D eigenvalue weighted by Gasteiger charge is -2.06. The van der Waals surface area contributed by atoms with Crippen LogP contribution >= 0.6 is 11.8 Å². The lowest BCUT2D eigenvalue weighted by atomic mass is 10.1. The number of hydrogen-bond acceptors (Lipinski definition) is 3. The Morgan fingerprint density at radius 2 is 2.55 bits per heavy atom. The van der Waals surface area contributed by atoms with Crippen LogP contribution in [-0.4, -0.2) is 18.1 Å². The molecule has 0 spiro atoms. The van der Waals surface area contributed by atoms with Gasteiger partial charge in [0.05, 0.1) is 12.5 Å². The largest absolute Gasteiger partial charge is 0.472 e. The van der Waals surface area contributed by atoms with E-state index in [0.717, 1.165) is 12.2 Å². The summed E-state index contributed by atoms with van der Waals surface area (Å²) in [4.78, 5) is 0. The summed E-state index contributed by atoms with van der Waals surface area (Å²) in [6, 6.07) is 2.21. The first-order valence-electron chi connectivity index (χ1n) is 3.58. The number of hydrogen-bond donors (Lipinski definition) is 1. The van der Waals surface area contributed by atoms with E-state index in [9.17, 15) is 0 Å². The van der Waals surface area contributed by atoms with E-state index in [0.29, 0.717) is 0 Å². The number of thioether (sulfide) groups is 1. The molecule has 1 heterocycles. The van der Waals surface area contributed by atoms with Gasteiger partial charge < -0.3 is 10.2 Å². The van der Waals surface area contributed by atoms with Crippen LogP contribution in [0.5, 0.6) is 0 Å². The van der Waals surface area contributed by atoms with Crippen molar-refractivity contribution in [1.29, 1.82) is 0 Å². The third-order valence-electron chi connectivity index (χ3n) is 1.46. The third kappa shape index (κ3) is 2.99. The van der Waals surface area contributed by atoms with Gasteiger partial charge in [-0.2, -0.15) is 11.8 Å². The van der Waals surface area contributed by atoms with Crippen LogP contribution in [0.25, 0.3) is 0 Å². The van der Waals surface area contributed by atoms with E-state index >= 15 is 0 Å². The monoisotopic (exact) mass is 171 g/mol. The molecule has 0 fully saturated rings. The van der Waals surface area contributed by atoms with Crippen molar-refractivity contribution in [3.8, 4) is 0 Å². The first-order chi connectivity index (χ1) is 5.33. The molecule has 2 N–H and O–H groups in total. The van der Waals surface area contributed by atoms with Crippen LogP contribution in [0.15, 0.2) is 23.0 Å². The van der Waals surface area contributed by atoms with Crippen LogP contribution in [-0.2, 0) is 6.42 Å². The van der Waals surface area contributed by atoms with Crippen LogP contribution in [0.1, 0.15) is 5.56 Å². The second kappa shape index (κ2) is 4.46. The number of rotatable bonds is 4. The van der Waals surface area contributed by atoms with E-state index in [1.54, 1.807) is 24.3 Å². The van der Waals surface area contributed by atoms with Crippen molar-refractivity contribution in [1.82, 2.24) is 0 Å². The summed E-state index contributed by atoms with van der Waals surface area (Å²) >= 11 is 1.78. The fourth-order valence-corrected chi connectivity index (χ4v) is 1.53. The van der Waals surface area contributed by atoms with Gasteiger partial charge in [0.1, 0.15) is 0 Å². The smallest absolute Gasteiger partial charge is 0.0935 e. The van der Waals surface area contributed by atoms with Gasteiger partial charge in [-0.05, 0) is 24.3 Å². The molecule has 1 rings (SSSR count). The summed E-state index contributed by atoms with van der Waals surface area (Å²) in [6.45, 7) is 0. The van der Waals surface area contributed by atoms with Gasteiger partial charge in [-0.25, -0.2) is 0 Å². The molecule has 1 atom stereocenters. The van der Waals surface area contributed by atoms with Gasteiger partial charge in [-0.1, -0.05) is 0 Å². The number of furan rings is 1. The van der Waals surface area contributed by atoms with Gasteiger partial charge >= 0.3 is 0 Å². The molecule has 1 unspecified atom stereocenters. The zero-order valence-corrected chi connectivity index (χ0v) is 7.43. The fourth-order valence-electron chi connectivity index (χ4n) is 0.985. The molecule has 0 aliphatic carbocycles. The zero-order valence-electron chi connectivity index (χ0n) is 6.62. The summed E-state index contributed by atoms with van der Waals surface area (Å²) in [5.74, 6) is 1.01. The lowest BCUT2D eigenvalue weighted by Crippen LogP contribution is -2.25. The summed E-state index contributed by atoms with van der Waals surface area (Å²) < 4.78 is 4.93. The normalized spacial score (nSPS) is 13.3. The molecule has 0 aliphatic heterocycles. The minimum atomic E-state index is 0.252. The summed E-state index contributed by atoms with van der Waals surface area (Å²) in [6.07, 6.45) is 6.41. The Labute approximate surface area is 71.1 Å². The molecule has 0 aliphatic rings. The maximum Gasteiger partial charge on any atom is 0.0935 e. The van der Waals surface area contributed by atoms with Crippen molar-refractivity contribution in [2.24, 2.45) is 5.73 Å². The Kier molecular flexibility index (Phi) is 3.52. The van der Waals surface area contributed by atoms with E-state index in [2.05, 4.69) is 6.26 Å². The predicted octanol–water partition coefficient (Wildman–Crippen LogP) is 1.51. The Bertz CT molecular complexity index is 186. The first-order valence-corrected chi connectivity index (χ1v) is 4.98. The third-order valence-corrected chi connectivity index (χ3v) is 2.22. The maximum atomic E-state index is 5.81. The Balaban J connectivity index is 2.31. The molecular weight excluding hydrogens is 158 g/mol. The SMILES string of the molecule is CSCC(N)Cc1ccoc1. The molecule has 0 saturated heterocycles. The highest BCUT2D eigenvalue weighted by atomic mass is 32.2. The van der Waals surface area contributed by atoms with E-state index in [4.69, 9.17) is 10.2 Å². The van der Waals surface area contributed by atoms with E-state index in [1.807, 2.05) is 6.07 Å². The van der Waals surface area contributed by atoms with Gasteiger partial charge in [0.15, 0.2) is 0 Å². The Morgan fingerprint density at radius 3 is 3.09 bits per heavy atom. The van der Waals surface area contributed by atoms with Crippen molar-refractivity contribution in [2.45, 2.75) is 12.5 Å². The Hall–Kier alpha value is -0.410. The van der Waals surface area contributed by atoms with Crippen LogP contribution in [0.3, 0.4) is 0 Å². The van der Waals surface area contributed by atoms with Gasteiger partial charge in [0.2, 0.25) is 0 Å². The molecule has 62 valence electrons. The van der Waals surface area contributed by atoms with Crippen molar-refractivity contribution in [3.05, 3.63) is 24.2 Å². The molecule has 3 heteroatoms. The predicted molar refractivity (Wildman–Crippen MR) is 48.8 cm³/mol. The van der Waals surface area contributed by atoms with Crippen molar-refractivity contribution >= 4 is 11.8 Å². The average Bonchev–Trinajstić information content (AvgIpc) is 2.40. The van der Waals surface area contributed by atoms with Crippen LogP contribution < -0.4 is 5.73 Å². The van der Waals surface area contributed by atoms with Gasteiger partial charge in [0, 0.05) is 11.8 Å². The van der Waals surface area contributed by atoms with E-state index < -0.39 is 0 Å². The van der Waals surface area contributed by atoms with Crippen molar-refractivity contribution in [3.63, 3.8) is 0 Å². The minimum absolute atomic E-state index is 0.252. The first kappa shape index (κ1) is 8.68. The molecule has 0 saturated carbocycles. The lowest BCUT2D eigenvalue weighted by molar-refractivity contribution is 0.562. The maximum absolute atomic E-state index is 5.81. The molecular formula is C8H13NOS. The molecule has 0 aromatic carbocycles. The fraction of sp³-hybridized carbons (Fsp3) is 0.500. The molecule has 0 bridgehead atoms. The molecule has 1 aromatic heterocycles. The summed E-state index contributed by atoms with van der Waals surface area (Å²) in [7, 11) is 0. The summed E-state index contributed by atoms with van der Waals surface area (Å²) in [5.41, 5.74) is 7.00. The topological polar surface area (TPSA) is 39.2 Å². The second-order valence-corrected chi connectivity index (χ2v) is 3.46. The molecule has 1 aromatic rings. The van der Waals surface area contributed by atoms with Crippen LogP contribution in [0.2, 0.25) is 0 Å². The highest BCUT2D eigenvalue weighted by molar-refractivity contribution is 7.98. The molecule has 2 nitrogen and oxygen atoms in total.